The van der Waals surface area contributed by atoms with Gasteiger partial charge >= 0.3 is 0 Å². The topological polar surface area (TPSA) is 38.3 Å². The smallest absolute Gasteiger partial charge is 0.234 e. The van der Waals surface area contributed by atoms with Crippen molar-refractivity contribution in [3.63, 3.8) is 0 Å². The Balaban J connectivity index is 1.44. The molecule has 0 radical (unpaired) electrons. The van der Waals surface area contributed by atoms with E-state index in [1.54, 1.807) is 12.1 Å². The van der Waals surface area contributed by atoms with E-state index in [1.807, 2.05) is 30.3 Å². The molecule has 6 heteroatoms. The molecular weight excluding hydrogens is 389 g/mol. The molecule has 0 spiro atoms. The van der Waals surface area contributed by atoms with Crippen LogP contribution in [-0.4, -0.2) is 17.8 Å². The van der Waals surface area contributed by atoms with Crippen LogP contribution in [-0.2, 0) is 10.5 Å². The summed E-state index contributed by atoms with van der Waals surface area (Å²) in [7, 11) is 0. The van der Waals surface area contributed by atoms with E-state index < -0.39 is 0 Å². The predicted molar refractivity (Wildman–Crippen MR) is 111 cm³/mol. The molecule has 2 aromatic carbocycles. The number of ether oxygens (including phenoxy) is 1. The lowest BCUT2D eigenvalue weighted by atomic mass is 10.2. The molecule has 0 unspecified atom stereocenters. The summed E-state index contributed by atoms with van der Waals surface area (Å²) >= 11 is 13.8. The molecule has 3 rings (SSSR count). The predicted octanol–water partition coefficient (Wildman–Crippen LogP) is 6.19. The molecule has 0 bridgehead atoms. The first-order valence-corrected chi connectivity index (χ1v) is 10.6. The number of hydrogen-bond acceptors (Lipinski definition) is 3. The number of benzene rings is 2. The van der Waals surface area contributed by atoms with Crippen molar-refractivity contribution in [2.75, 3.05) is 11.1 Å². The van der Waals surface area contributed by atoms with E-state index >= 15 is 0 Å². The van der Waals surface area contributed by atoms with Crippen molar-refractivity contribution in [2.45, 2.75) is 37.5 Å². The molecule has 1 N–H and O–H groups in total. The largest absolute Gasteiger partial charge is 0.490 e. The minimum atomic E-state index is -0.0531. The zero-order valence-corrected chi connectivity index (χ0v) is 16.7. The van der Waals surface area contributed by atoms with Crippen molar-refractivity contribution in [1.82, 2.24) is 0 Å². The molecular formula is C20H21Cl2NO2S. The van der Waals surface area contributed by atoms with Gasteiger partial charge in [0.25, 0.3) is 0 Å². The minimum Gasteiger partial charge on any atom is -0.490 e. The van der Waals surface area contributed by atoms with Crippen LogP contribution in [0.2, 0.25) is 10.0 Å². The van der Waals surface area contributed by atoms with E-state index in [9.17, 15) is 4.79 Å². The van der Waals surface area contributed by atoms with Crippen LogP contribution in [0.3, 0.4) is 0 Å². The van der Waals surface area contributed by atoms with Crippen molar-refractivity contribution in [3.8, 4) is 5.75 Å². The highest BCUT2D eigenvalue weighted by molar-refractivity contribution is 7.99. The summed E-state index contributed by atoms with van der Waals surface area (Å²) in [5.41, 5.74) is 1.63. The van der Waals surface area contributed by atoms with Crippen molar-refractivity contribution in [3.05, 3.63) is 58.1 Å². The van der Waals surface area contributed by atoms with Gasteiger partial charge in [-0.1, -0.05) is 29.3 Å². The molecule has 1 amide bonds. The van der Waals surface area contributed by atoms with Crippen LogP contribution in [0.25, 0.3) is 0 Å². The summed E-state index contributed by atoms with van der Waals surface area (Å²) in [6, 6.07) is 13.0. The molecule has 0 atom stereocenters. The number of amides is 1. The normalized spacial score (nSPS) is 14.4. The first kappa shape index (κ1) is 19.4. The Kier molecular flexibility index (Phi) is 7.12. The number of carbonyl (C=O) groups excluding carboxylic acids is 1. The third-order valence-corrected chi connectivity index (χ3v) is 5.95. The molecule has 26 heavy (non-hydrogen) atoms. The van der Waals surface area contributed by atoms with Gasteiger partial charge < -0.3 is 10.1 Å². The summed E-state index contributed by atoms with van der Waals surface area (Å²) in [5.74, 6) is 1.74. The molecule has 0 aliphatic heterocycles. The van der Waals surface area contributed by atoms with Gasteiger partial charge in [0.2, 0.25) is 5.91 Å². The van der Waals surface area contributed by atoms with Crippen molar-refractivity contribution >= 4 is 46.6 Å². The number of rotatable bonds is 7. The van der Waals surface area contributed by atoms with Gasteiger partial charge in [-0.2, -0.15) is 0 Å². The first-order chi connectivity index (χ1) is 12.6. The van der Waals surface area contributed by atoms with Crippen LogP contribution in [0.1, 0.15) is 31.2 Å². The van der Waals surface area contributed by atoms with Crippen LogP contribution < -0.4 is 10.1 Å². The van der Waals surface area contributed by atoms with E-state index in [0.29, 0.717) is 27.7 Å². The Labute approximate surface area is 168 Å². The van der Waals surface area contributed by atoms with Gasteiger partial charge in [0, 0.05) is 21.5 Å². The Bertz CT molecular complexity index is 726. The van der Waals surface area contributed by atoms with Crippen LogP contribution in [0.4, 0.5) is 5.69 Å². The zero-order chi connectivity index (χ0) is 18.4. The Morgan fingerprint density at radius 3 is 2.38 bits per heavy atom. The number of carbonyl (C=O) groups is 1. The van der Waals surface area contributed by atoms with Crippen LogP contribution >= 0.6 is 35.0 Å². The number of hydrogen-bond donors (Lipinski definition) is 1. The highest BCUT2D eigenvalue weighted by Gasteiger charge is 2.16. The third kappa shape index (κ3) is 5.57. The molecule has 0 aromatic heterocycles. The Morgan fingerprint density at radius 2 is 1.73 bits per heavy atom. The summed E-state index contributed by atoms with van der Waals surface area (Å²) in [5, 5.41) is 4.15. The first-order valence-electron chi connectivity index (χ1n) is 8.69. The lowest BCUT2D eigenvalue weighted by Gasteiger charge is -2.13. The quantitative estimate of drug-likeness (QED) is 0.592. The van der Waals surface area contributed by atoms with E-state index in [2.05, 4.69) is 5.32 Å². The summed E-state index contributed by atoms with van der Waals surface area (Å²) < 4.78 is 5.93. The second-order valence-corrected chi connectivity index (χ2v) is 8.09. The summed E-state index contributed by atoms with van der Waals surface area (Å²) in [6.07, 6.45) is 5.09. The van der Waals surface area contributed by atoms with Gasteiger partial charge in [0.05, 0.1) is 11.9 Å². The van der Waals surface area contributed by atoms with Gasteiger partial charge in [-0.3, -0.25) is 4.79 Å². The number of thioether (sulfide) groups is 1. The molecule has 1 saturated carbocycles. The maximum absolute atomic E-state index is 12.1. The fraction of sp³-hybridized carbons (Fsp3) is 0.350. The number of nitrogens with one attached hydrogen (secondary N) is 1. The Hall–Kier alpha value is -1.36. The lowest BCUT2D eigenvalue weighted by Crippen LogP contribution is -2.14. The monoisotopic (exact) mass is 409 g/mol. The second kappa shape index (κ2) is 9.54. The molecule has 1 fully saturated rings. The number of halogens is 2. The van der Waals surface area contributed by atoms with Gasteiger partial charge in [-0.15, -0.1) is 11.8 Å². The maximum atomic E-state index is 12.1. The highest BCUT2D eigenvalue weighted by atomic mass is 35.5. The minimum absolute atomic E-state index is 0.0531. The van der Waals surface area contributed by atoms with Crippen molar-refractivity contribution in [2.24, 2.45) is 0 Å². The van der Waals surface area contributed by atoms with E-state index in [0.717, 1.165) is 29.8 Å². The van der Waals surface area contributed by atoms with Gasteiger partial charge in [-0.05, 0) is 67.6 Å². The van der Waals surface area contributed by atoms with E-state index in [-0.39, 0.29) is 5.91 Å². The van der Waals surface area contributed by atoms with E-state index in [4.69, 9.17) is 27.9 Å². The molecule has 1 aliphatic carbocycles. The lowest BCUT2D eigenvalue weighted by molar-refractivity contribution is -0.113. The fourth-order valence-corrected chi connectivity index (χ4v) is 4.49. The van der Waals surface area contributed by atoms with Gasteiger partial charge in [0.1, 0.15) is 5.75 Å². The van der Waals surface area contributed by atoms with Crippen molar-refractivity contribution in [1.29, 1.82) is 0 Å². The summed E-state index contributed by atoms with van der Waals surface area (Å²) in [4.78, 5) is 12.1. The summed E-state index contributed by atoms with van der Waals surface area (Å²) in [6.45, 7) is 0. The molecule has 1 aliphatic rings. The highest BCUT2D eigenvalue weighted by Crippen LogP contribution is 2.28. The second-order valence-electron chi connectivity index (χ2n) is 6.29. The Morgan fingerprint density at radius 1 is 1.08 bits per heavy atom. The molecule has 138 valence electrons. The standard InChI is InChI=1S/C20H21Cl2NO2S/c21-18-6-3-7-19(22)17(18)12-26-13-20(24)23-14-8-10-16(11-9-14)25-15-4-1-2-5-15/h3,6-11,15H,1-2,4-5,12-13H2,(H,23,24). The molecule has 0 saturated heterocycles. The maximum Gasteiger partial charge on any atom is 0.234 e. The van der Waals surface area contributed by atoms with Gasteiger partial charge in [0.15, 0.2) is 0 Å². The fourth-order valence-electron chi connectivity index (χ4n) is 2.93. The SMILES string of the molecule is O=C(CSCc1c(Cl)cccc1Cl)Nc1ccc(OC2CCCC2)cc1. The van der Waals surface area contributed by atoms with Gasteiger partial charge in [-0.25, -0.2) is 0 Å². The molecule has 0 heterocycles. The van der Waals surface area contributed by atoms with Crippen molar-refractivity contribution < 1.29 is 9.53 Å². The van der Waals surface area contributed by atoms with Crippen LogP contribution in [0.15, 0.2) is 42.5 Å². The number of anilines is 1. The third-order valence-electron chi connectivity index (χ3n) is 4.28. The molecule has 3 nitrogen and oxygen atoms in total. The zero-order valence-electron chi connectivity index (χ0n) is 14.3. The average Bonchev–Trinajstić information content (AvgIpc) is 3.12. The average molecular weight is 410 g/mol. The molecule has 2 aromatic rings. The van der Waals surface area contributed by atoms with E-state index in [1.165, 1.54) is 24.6 Å². The van der Waals surface area contributed by atoms with Crippen LogP contribution in [0.5, 0.6) is 5.75 Å². The van der Waals surface area contributed by atoms with Crippen LogP contribution in [0, 0.1) is 0 Å².